The fourth-order valence-corrected chi connectivity index (χ4v) is 4.28. The lowest BCUT2D eigenvalue weighted by atomic mass is 10.0. The van der Waals surface area contributed by atoms with E-state index in [1.54, 1.807) is 23.0 Å². The minimum Gasteiger partial charge on any atom is -0.356 e. The van der Waals surface area contributed by atoms with E-state index in [0.29, 0.717) is 17.5 Å². The van der Waals surface area contributed by atoms with Crippen molar-refractivity contribution in [3.63, 3.8) is 0 Å². The molecule has 7 nitrogen and oxygen atoms in total. The smallest absolute Gasteiger partial charge is 0.259 e. The Balaban J connectivity index is 1.37. The fraction of sp³-hybridized carbons (Fsp3) is 0.368. The molecule has 0 spiro atoms. The number of pyridine rings is 1. The molecule has 0 bridgehead atoms. The van der Waals surface area contributed by atoms with Crippen LogP contribution >= 0.6 is 0 Å². The minimum atomic E-state index is -0.0269. The first-order chi connectivity index (χ1) is 12.7. The number of aryl methyl sites for hydroxylation is 1. The van der Waals surface area contributed by atoms with E-state index in [1.165, 1.54) is 0 Å². The van der Waals surface area contributed by atoms with Gasteiger partial charge in [0.05, 0.1) is 0 Å². The van der Waals surface area contributed by atoms with Crippen LogP contribution in [0, 0.1) is 18.8 Å². The molecule has 132 valence electrons. The Morgan fingerprint density at radius 2 is 1.85 bits per heavy atom. The topological polar surface area (TPSA) is 66.6 Å². The summed E-state index contributed by atoms with van der Waals surface area (Å²) in [5, 5.41) is 0. The zero-order valence-corrected chi connectivity index (χ0v) is 14.6. The van der Waals surface area contributed by atoms with E-state index in [9.17, 15) is 4.79 Å². The summed E-state index contributed by atoms with van der Waals surface area (Å²) in [6.45, 7) is 5.90. The van der Waals surface area contributed by atoms with E-state index < -0.39 is 0 Å². The van der Waals surface area contributed by atoms with Crippen LogP contribution in [0.5, 0.6) is 0 Å². The molecule has 2 aliphatic heterocycles. The standard InChI is InChI=1S/C19H20N6O/c1-13-7-20-12-21-19(13)24-10-14-8-23(9-15(14)11-24)17-6-18(26)25-5-3-2-4-16(25)22-17/h2-7,12,14-15H,8-11H2,1H3. The molecule has 0 N–H and O–H groups in total. The van der Waals surface area contributed by atoms with E-state index in [1.807, 2.05) is 24.4 Å². The predicted molar refractivity (Wildman–Crippen MR) is 99.6 cm³/mol. The summed E-state index contributed by atoms with van der Waals surface area (Å²) in [6, 6.07) is 7.29. The van der Waals surface area contributed by atoms with Gasteiger partial charge in [0.2, 0.25) is 0 Å². The second-order valence-corrected chi connectivity index (χ2v) is 7.24. The van der Waals surface area contributed by atoms with Gasteiger partial charge >= 0.3 is 0 Å². The number of hydrogen-bond donors (Lipinski definition) is 0. The normalized spacial score (nSPS) is 22.2. The number of nitrogens with zero attached hydrogens (tertiary/aromatic N) is 6. The quantitative estimate of drug-likeness (QED) is 0.697. The molecule has 7 heteroatoms. The summed E-state index contributed by atoms with van der Waals surface area (Å²) < 4.78 is 1.58. The van der Waals surface area contributed by atoms with Gasteiger partial charge in [0.25, 0.3) is 5.56 Å². The maximum atomic E-state index is 12.4. The van der Waals surface area contributed by atoms with Crippen LogP contribution in [0.3, 0.4) is 0 Å². The lowest BCUT2D eigenvalue weighted by Gasteiger charge is -2.24. The Hall–Kier alpha value is -2.96. The lowest BCUT2D eigenvalue weighted by molar-refractivity contribution is 0.533. The summed E-state index contributed by atoms with van der Waals surface area (Å²) in [6.07, 6.45) is 5.25. The number of aromatic nitrogens is 4. The van der Waals surface area contributed by atoms with Gasteiger partial charge in [-0.15, -0.1) is 0 Å². The molecular weight excluding hydrogens is 328 g/mol. The molecular formula is C19H20N6O. The van der Waals surface area contributed by atoms with Crippen molar-refractivity contribution in [3.05, 3.63) is 58.9 Å². The third kappa shape index (κ3) is 2.42. The highest BCUT2D eigenvalue weighted by Gasteiger charge is 2.41. The Bertz CT molecular complexity index is 1020. The second-order valence-electron chi connectivity index (χ2n) is 7.24. The average molecular weight is 348 g/mol. The molecule has 2 fully saturated rings. The molecule has 5 heterocycles. The highest BCUT2D eigenvalue weighted by Crippen LogP contribution is 2.35. The minimum absolute atomic E-state index is 0.0269. The van der Waals surface area contributed by atoms with Gasteiger partial charge in [-0.25, -0.2) is 15.0 Å². The summed E-state index contributed by atoms with van der Waals surface area (Å²) in [5.74, 6) is 2.98. The first-order valence-corrected chi connectivity index (χ1v) is 8.94. The fourth-order valence-electron chi connectivity index (χ4n) is 4.28. The van der Waals surface area contributed by atoms with Gasteiger partial charge in [-0.3, -0.25) is 9.20 Å². The SMILES string of the molecule is Cc1cncnc1N1CC2CN(c3cc(=O)n4ccccc4n3)CC2C1. The number of hydrogen-bond acceptors (Lipinski definition) is 6. The van der Waals surface area contributed by atoms with Gasteiger partial charge in [-0.2, -0.15) is 0 Å². The van der Waals surface area contributed by atoms with Gasteiger partial charge in [0.15, 0.2) is 0 Å². The Morgan fingerprint density at radius 3 is 2.62 bits per heavy atom. The molecule has 2 aliphatic rings. The van der Waals surface area contributed by atoms with E-state index in [-0.39, 0.29) is 5.56 Å². The second kappa shape index (κ2) is 5.79. The first kappa shape index (κ1) is 15.3. The molecule has 5 rings (SSSR count). The summed E-state index contributed by atoms with van der Waals surface area (Å²) in [7, 11) is 0. The number of fused-ring (bicyclic) bond motifs is 2. The summed E-state index contributed by atoms with van der Waals surface area (Å²) >= 11 is 0. The molecule has 3 aromatic heterocycles. The van der Waals surface area contributed by atoms with E-state index >= 15 is 0 Å². The van der Waals surface area contributed by atoms with Crippen LogP contribution in [-0.2, 0) is 0 Å². The monoisotopic (exact) mass is 348 g/mol. The van der Waals surface area contributed by atoms with Crippen LogP contribution in [0.25, 0.3) is 5.65 Å². The Kier molecular flexibility index (Phi) is 3.41. The van der Waals surface area contributed by atoms with Crippen molar-refractivity contribution in [3.8, 4) is 0 Å². The lowest BCUT2D eigenvalue weighted by Crippen LogP contribution is -2.31. The van der Waals surface area contributed by atoms with E-state index in [4.69, 9.17) is 4.98 Å². The van der Waals surface area contributed by atoms with Gasteiger partial charge in [0.1, 0.15) is 23.6 Å². The zero-order valence-electron chi connectivity index (χ0n) is 14.6. The van der Waals surface area contributed by atoms with Crippen molar-refractivity contribution in [2.24, 2.45) is 11.8 Å². The molecule has 0 amide bonds. The van der Waals surface area contributed by atoms with Crippen molar-refractivity contribution in [1.82, 2.24) is 19.4 Å². The highest BCUT2D eigenvalue weighted by atomic mass is 16.1. The zero-order chi connectivity index (χ0) is 17.7. The molecule has 0 saturated carbocycles. The largest absolute Gasteiger partial charge is 0.356 e. The van der Waals surface area contributed by atoms with Gasteiger partial charge in [-0.1, -0.05) is 6.07 Å². The average Bonchev–Trinajstić information content (AvgIpc) is 3.21. The third-order valence-electron chi connectivity index (χ3n) is 5.53. The summed E-state index contributed by atoms with van der Waals surface area (Å²) in [4.78, 5) is 30.2. The van der Waals surface area contributed by atoms with Crippen LogP contribution in [0.15, 0.2) is 47.8 Å². The van der Waals surface area contributed by atoms with Gasteiger partial charge < -0.3 is 9.80 Å². The van der Waals surface area contributed by atoms with Crippen LogP contribution in [0.2, 0.25) is 0 Å². The van der Waals surface area contributed by atoms with E-state index in [0.717, 1.165) is 43.4 Å². The Morgan fingerprint density at radius 1 is 1.08 bits per heavy atom. The molecule has 0 aliphatic carbocycles. The van der Waals surface area contributed by atoms with Crippen molar-refractivity contribution >= 4 is 17.3 Å². The van der Waals surface area contributed by atoms with Crippen molar-refractivity contribution in [2.75, 3.05) is 36.0 Å². The molecule has 2 atom stereocenters. The highest BCUT2D eigenvalue weighted by molar-refractivity contribution is 5.51. The molecule has 2 unspecified atom stereocenters. The summed E-state index contributed by atoms with van der Waals surface area (Å²) in [5.41, 5.74) is 1.79. The Labute approximate surface area is 151 Å². The molecule has 0 radical (unpaired) electrons. The molecule has 2 saturated heterocycles. The predicted octanol–water partition coefficient (Wildman–Crippen LogP) is 1.37. The molecule has 0 aromatic carbocycles. The van der Waals surface area contributed by atoms with Crippen LogP contribution < -0.4 is 15.4 Å². The van der Waals surface area contributed by atoms with Gasteiger partial charge in [-0.05, 0) is 19.1 Å². The van der Waals surface area contributed by atoms with Crippen molar-refractivity contribution in [2.45, 2.75) is 6.92 Å². The number of rotatable bonds is 2. The van der Waals surface area contributed by atoms with Gasteiger partial charge in [0, 0.05) is 62.0 Å². The van der Waals surface area contributed by atoms with Crippen LogP contribution in [0.4, 0.5) is 11.6 Å². The third-order valence-corrected chi connectivity index (χ3v) is 5.53. The molecule has 26 heavy (non-hydrogen) atoms. The van der Waals surface area contributed by atoms with E-state index in [2.05, 4.69) is 26.7 Å². The van der Waals surface area contributed by atoms with Crippen molar-refractivity contribution in [1.29, 1.82) is 0 Å². The van der Waals surface area contributed by atoms with Crippen LogP contribution in [-0.4, -0.2) is 45.5 Å². The maximum Gasteiger partial charge on any atom is 0.259 e. The van der Waals surface area contributed by atoms with Crippen LogP contribution in [0.1, 0.15) is 5.56 Å². The molecule has 3 aromatic rings. The first-order valence-electron chi connectivity index (χ1n) is 8.94. The number of anilines is 2. The van der Waals surface area contributed by atoms with Crippen molar-refractivity contribution < 1.29 is 0 Å². The maximum absolute atomic E-state index is 12.4.